The van der Waals surface area contributed by atoms with Gasteiger partial charge in [-0.2, -0.15) is 0 Å². The lowest BCUT2D eigenvalue weighted by molar-refractivity contribution is -0.143. The summed E-state index contributed by atoms with van der Waals surface area (Å²) in [5, 5.41) is 9.29. The second-order valence-corrected chi connectivity index (χ2v) is 8.50. The minimum Gasteiger partial charge on any atom is -0.481 e. The van der Waals surface area contributed by atoms with Gasteiger partial charge in [0.1, 0.15) is 0 Å². The highest BCUT2D eigenvalue weighted by Crippen LogP contribution is 2.22. The third-order valence-corrected chi connectivity index (χ3v) is 6.45. The topological polar surface area (TPSA) is 40.5 Å². The summed E-state index contributed by atoms with van der Waals surface area (Å²) in [6.07, 6.45) is 8.43. The number of benzene rings is 2. The Morgan fingerprint density at radius 1 is 0.964 bits per heavy atom. The lowest BCUT2D eigenvalue weighted by Gasteiger charge is -2.30. The van der Waals surface area contributed by atoms with E-state index in [1.54, 1.807) is 0 Å². The Morgan fingerprint density at radius 2 is 1.64 bits per heavy atom. The molecule has 3 nitrogen and oxygen atoms in total. The summed E-state index contributed by atoms with van der Waals surface area (Å²) < 4.78 is 0. The van der Waals surface area contributed by atoms with Crippen LogP contribution in [0, 0.1) is 5.92 Å². The normalized spacial score (nSPS) is 19.9. The predicted molar refractivity (Wildman–Crippen MR) is 113 cm³/mol. The average molecular weight is 378 g/mol. The van der Waals surface area contributed by atoms with E-state index in [0.29, 0.717) is 0 Å². The van der Waals surface area contributed by atoms with Crippen LogP contribution in [0.3, 0.4) is 0 Å². The number of nitrogens with zero attached hydrogens (tertiary/aromatic N) is 1. The van der Waals surface area contributed by atoms with E-state index in [0.717, 1.165) is 71.0 Å². The smallest absolute Gasteiger partial charge is 0.307 e. The molecule has 7 rings (SSSR count). The van der Waals surface area contributed by atoms with Gasteiger partial charge in [-0.25, -0.2) is 0 Å². The van der Waals surface area contributed by atoms with Gasteiger partial charge in [0, 0.05) is 6.54 Å². The van der Waals surface area contributed by atoms with Gasteiger partial charge in [-0.05, 0) is 92.3 Å². The highest BCUT2D eigenvalue weighted by molar-refractivity contribution is 5.70. The van der Waals surface area contributed by atoms with Crippen molar-refractivity contribution in [3.8, 4) is 0 Å². The molecule has 1 fully saturated rings. The SMILES string of the molecule is O=C(O)C1CCCN(CCCc2cc3ccc2CCc2ccc(cc2)CC3)C1. The maximum absolute atomic E-state index is 11.3. The zero-order valence-corrected chi connectivity index (χ0v) is 16.7. The van der Waals surface area contributed by atoms with E-state index in [-0.39, 0.29) is 5.92 Å². The van der Waals surface area contributed by atoms with Gasteiger partial charge in [-0.3, -0.25) is 4.79 Å². The molecule has 1 unspecified atom stereocenters. The fourth-order valence-corrected chi connectivity index (χ4v) is 4.70. The van der Waals surface area contributed by atoms with Crippen LogP contribution in [0.1, 0.15) is 47.1 Å². The summed E-state index contributed by atoms with van der Waals surface area (Å²) >= 11 is 0. The van der Waals surface area contributed by atoms with Crippen molar-refractivity contribution in [1.29, 1.82) is 0 Å². The van der Waals surface area contributed by atoms with Crippen molar-refractivity contribution in [3.63, 3.8) is 0 Å². The monoisotopic (exact) mass is 377 g/mol. The van der Waals surface area contributed by atoms with Crippen molar-refractivity contribution in [1.82, 2.24) is 4.90 Å². The van der Waals surface area contributed by atoms with Gasteiger partial charge in [-0.1, -0.05) is 42.5 Å². The van der Waals surface area contributed by atoms with Crippen LogP contribution >= 0.6 is 0 Å². The summed E-state index contributed by atoms with van der Waals surface area (Å²) in [7, 11) is 0. The third-order valence-electron chi connectivity index (χ3n) is 6.45. The van der Waals surface area contributed by atoms with E-state index in [1.165, 1.54) is 27.8 Å². The van der Waals surface area contributed by atoms with Crippen molar-refractivity contribution in [2.45, 2.75) is 51.4 Å². The second kappa shape index (κ2) is 8.91. The molecule has 4 aliphatic carbocycles. The summed E-state index contributed by atoms with van der Waals surface area (Å²) in [5.41, 5.74) is 7.27. The number of carbonyl (C=O) groups is 1. The Morgan fingerprint density at radius 3 is 2.39 bits per heavy atom. The first-order valence-electron chi connectivity index (χ1n) is 10.8. The minimum atomic E-state index is -0.631. The number of aliphatic carboxylic acids is 1. The van der Waals surface area contributed by atoms with Crippen LogP contribution in [0.2, 0.25) is 0 Å². The van der Waals surface area contributed by atoms with Gasteiger partial charge < -0.3 is 10.0 Å². The average Bonchev–Trinajstić information content (AvgIpc) is 2.71. The maximum atomic E-state index is 11.3. The number of hydrogen-bond donors (Lipinski definition) is 1. The number of rotatable bonds is 5. The van der Waals surface area contributed by atoms with Crippen LogP contribution in [-0.2, 0) is 36.9 Å². The van der Waals surface area contributed by atoms with Crippen LogP contribution in [0.5, 0.6) is 0 Å². The third kappa shape index (κ3) is 4.82. The summed E-state index contributed by atoms with van der Waals surface area (Å²) in [5.74, 6) is -0.807. The molecule has 1 saturated heterocycles. The molecule has 0 spiro atoms. The molecule has 2 aromatic carbocycles. The van der Waals surface area contributed by atoms with Crippen molar-refractivity contribution < 1.29 is 9.90 Å². The molecule has 2 aromatic rings. The van der Waals surface area contributed by atoms with E-state index in [4.69, 9.17) is 0 Å². The predicted octanol–water partition coefficient (Wildman–Crippen LogP) is 4.30. The molecule has 0 radical (unpaired) electrons. The van der Waals surface area contributed by atoms with Crippen molar-refractivity contribution >= 4 is 5.97 Å². The first-order chi connectivity index (χ1) is 13.7. The Kier molecular flexibility index (Phi) is 6.11. The lowest BCUT2D eigenvalue weighted by Crippen LogP contribution is -2.39. The fourth-order valence-electron chi connectivity index (χ4n) is 4.70. The molecule has 0 saturated carbocycles. The van der Waals surface area contributed by atoms with Crippen molar-refractivity contribution in [3.05, 3.63) is 70.3 Å². The molecule has 1 atom stereocenters. The van der Waals surface area contributed by atoms with Crippen LogP contribution in [0.25, 0.3) is 0 Å². The van der Waals surface area contributed by atoms with Crippen molar-refractivity contribution in [2.24, 2.45) is 5.92 Å². The first-order valence-corrected chi connectivity index (χ1v) is 10.8. The first kappa shape index (κ1) is 19.2. The minimum absolute atomic E-state index is 0.177. The molecule has 1 N–H and O–H groups in total. The molecule has 3 heteroatoms. The van der Waals surface area contributed by atoms with E-state index in [2.05, 4.69) is 47.4 Å². The Labute approximate surface area is 168 Å². The molecule has 5 aliphatic rings. The Hall–Kier alpha value is -2.13. The maximum Gasteiger partial charge on any atom is 0.307 e. The van der Waals surface area contributed by atoms with Crippen molar-refractivity contribution in [2.75, 3.05) is 19.6 Å². The molecular weight excluding hydrogens is 346 g/mol. The quantitative estimate of drug-likeness (QED) is 0.845. The standard InChI is InChI=1S/C25H31NO2/c27-25(28)24-4-2-16-26(18-24)15-1-3-23-17-21-10-9-19-5-7-20(8-6-19)11-13-22(23)14-12-21/h5-8,12,14,17,24H,1-4,9-11,13,15-16,18H2,(H,27,28). The molecule has 148 valence electrons. The molecule has 1 aliphatic heterocycles. The highest BCUT2D eigenvalue weighted by Gasteiger charge is 2.24. The number of aryl methyl sites for hydroxylation is 5. The van der Waals surface area contributed by atoms with Gasteiger partial charge in [0.2, 0.25) is 0 Å². The molecular formula is C25H31NO2. The number of hydrogen-bond acceptors (Lipinski definition) is 2. The summed E-state index contributed by atoms with van der Waals surface area (Å²) in [6, 6.07) is 16.2. The second-order valence-electron chi connectivity index (χ2n) is 8.50. The largest absolute Gasteiger partial charge is 0.481 e. The number of likely N-dealkylation sites (tertiary alicyclic amines) is 1. The van der Waals surface area contributed by atoms with E-state index >= 15 is 0 Å². The van der Waals surface area contributed by atoms with Gasteiger partial charge in [0.15, 0.2) is 0 Å². The van der Waals surface area contributed by atoms with Gasteiger partial charge in [0.05, 0.1) is 5.92 Å². The van der Waals surface area contributed by atoms with Gasteiger partial charge in [0.25, 0.3) is 0 Å². The zero-order chi connectivity index (χ0) is 19.3. The van der Waals surface area contributed by atoms with Gasteiger partial charge >= 0.3 is 5.97 Å². The Bertz CT molecular complexity index is 812. The molecule has 0 amide bonds. The highest BCUT2D eigenvalue weighted by atomic mass is 16.4. The van der Waals surface area contributed by atoms with E-state index < -0.39 is 5.97 Å². The van der Waals surface area contributed by atoms with Crippen LogP contribution < -0.4 is 0 Å². The number of piperidine rings is 1. The van der Waals surface area contributed by atoms with Crippen LogP contribution in [0.15, 0.2) is 42.5 Å². The van der Waals surface area contributed by atoms with Crippen LogP contribution in [0.4, 0.5) is 0 Å². The lowest BCUT2D eigenvalue weighted by atomic mass is 9.91. The van der Waals surface area contributed by atoms with Crippen LogP contribution in [-0.4, -0.2) is 35.6 Å². The number of carboxylic acids is 1. The Balaban J connectivity index is 1.40. The fraction of sp³-hybridized carbons (Fsp3) is 0.480. The molecule has 0 aromatic heterocycles. The van der Waals surface area contributed by atoms with E-state index in [1.807, 2.05) is 0 Å². The van der Waals surface area contributed by atoms with Gasteiger partial charge in [-0.15, -0.1) is 0 Å². The molecule has 1 heterocycles. The molecule has 4 bridgehead atoms. The molecule has 28 heavy (non-hydrogen) atoms. The van der Waals surface area contributed by atoms with E-state index in [9.17, 15) is 9.90 Å². The summed E-state index contributed by atoms with van der Waals surface area (Å²) in [6.45, 7) is 2.78. The summed E-state index contributed by atoms with van der Waals surface area (Å²) in [4.78, 5) is 13.6. The number of carboxylic acid groups (broad SMARTS) is 1. The zero-order valence-electron chi connectivity index (χ0n) is 16.7.